The molecule has 26 heavy (non-hydrogen) atoms. The Morgan fingerprint density at radius 2 is 2.31 bits per heavy atom. The molecule has 0 aliphatic carbocycles. The van der Waals surface area contributed by atoms with E-state index in [9.17, 15) is 9.18 Å². The lowest BCUT2D eigenvalue weighted by molar-refractivity contribution is 0.0948. The summed E-state index contributed by atoms with van der Waals surface area (Å²) < 4.78 is 26.3. The maximum atomic E-state index is 14.5. The number of carbonyl (C=O) groups is 1. The normalized spacial score (nSPS) is 10.7. The predicted molar refractivity (Wildman–Crippen MR) is 90.4 cm³/mol. The quantitative estimate of drug-likeness (QED) is 0.635. The summed E-state index contributed by atoms with van der Waals surface area (Å²) in [6, 6.07) is 2.91. The molecule has 1 N–H and O–H groups in total. The van der Waals surface area contributed by atoms with Crippen molar-refractivity contribution < 1.29 is 18.3 Å². The van der Waals surface area contributed by atoms with Crippen molar-refractivity contribution in [3.63, 3.8) is 0 Å². The van der Waals surface area contributed by atoms with E-state index in [0.717, 1.165) is 6.39 Å². The average molecular weight is 379 g/mol. The third kappa shape index (κ3) is 3.67. The smallest absolute Gasteiger partial charge is 0.273 e. The number of oxazole rings is 1. The second-order valence-electron chi connectivity index (χ2n) is 5.24. The molecule has 0 aliphatic heterocycles. The summed E-state index contributed by atoms with van der Waals surface area (Å²) in [5, 5.41) is 6.49. The second-order valence-corrected chi connectivity index (χ2v) is 5.62. The van der Waals surface area contributed by atoms with E-state index in [4.69, 9.17) is 20.8 Å². The lowest BCUT2D eigenvalue weighted by Gasteiger charge is -2.08. The molecular weight excluding hydrogens is 364 g/mol. The summed E-state index contributed by atoms with van der Waals surface area (Å²) >= 11 is 5.92. The van der Waals surface area contributed by atoms with Gasteiger partial charge in [0.15, 0.2) is 23.7 Å². The lowest BCUT2D eigenvalue weighted by atomic mass is 10.1. The van der Waals surface area contributed by atoms with Gasteiger partial charge in [-0.25, -0.2) is 14.4 Å². The zero-order valence-electron chi connectivity index (χ0n) is 13.8. The molecule has 8 nitrogen and oxygen atoms in total. The highest BCUT2D eigenvalue weighted by atomic mass is 35.5. The van der Waals surface area contributed by atoms with E-state index in [0.29, 0.717) is 19.5 Å². The molecule has 10 heteroatoms. The minimum absolute atomic E-state index is 0.000768. The second kappa shape index (κ2) is 7.96. The van der Waals surface area contributed by atoms with Crippen molar-refractivity contribution in [3.8, 4) is 17.1 Å². The number of ether oxygens (including phenoxy) is 1. The number of halogens is 2. The number of hydrogen-bond acceptors (Lipinski definition) is 6. The molecule has 0 saturated heterocycles. The van der Waals surface area contributed by atoms with Gasteiger partial charge in [-0.3, -0.25) is 9.48 Å². The summed E-state index contributed by atoms with van der Waals surface area (Å²) in [7, 11) is 1.38. The average Bonchev–Trinajstić information content (AvgIpc) is 3.32. The standard InChI is InChI=1S/C16H15ClFN5O3/c1-25-11-4-3-10(13(18)12(11)17)15-14(21-9-26-15)16(24)20-5-2-6-23-8-19-7-22-23/h3-4,7-9H,2,5-6H2,1H3,(H,20,24)/i18-1. The first-order chi connectivity index (χ1) is 12.6. The summed E-state index contributed by atoms with van der Waals surface area (Å²) in [6.45, 7) is 0.992. The molecule has 3 rings (SSSR count). The van der Waals surface area contributed by atoms with E-state index in [1.165, 1.54) is 25.6 Å². The first kappa shape index (κ1) is 17.9. The van der Waals surface area contributed by atoms with E-state index in [2.05, 4.69) is 20.4 Å². The zero-order valence-corrected chi connectivity index (χ0v) is 14.5. The summed E-state index contributed by atoms with van der Waals surface area (Å²) in [4.78, 5) is 20.1. The fraction of sp³-hybridized carbons (Fsp3) is 0.250. The summed E-state index contributed by atoms with van der Waals surface area (Å²) in [5.41, 5.74) is 0.00644. The van der Waals surface area contributed by atoms with Gasteiger partial charge in [0.25, 0.3) is 5.91 Å². The van der Waals surface area contributed by atoms with Crippen molar-refractivity contribution in [3.05, 3.63) is 47.7 Å². The Morgan fingerprint density at radius 1 is 1.46 bits per heavy atom. The SMILES string of the molecule is COc1ccc(-c2ocnc2C(=O)NCCCn2cncn2)c([18F])c1Cl. The number of benzene rings is 1. The van der Waals surface area contributed by atoms with Crippen molar-refractivity contribution in [1.29, 1.82) is 0 Å². The Kier molecular flexibility index (Phi) is 5.47. The van der Waals surface area contributed by atoms with Crippen LogP contribution in [0.4, 0.5) is 4.39 Å². The number of carbonyl (C=O) groups excluding carboxylic acids is 1. The van der Waals surface area contributed by atoms with Crippen LogP contribution in [0.25, 0.3) is 11.3 Å². The molecule has 0 saturated carbocycles. The zero-order chi connectivity index (χ0) is 18.5. The van der Waals surface area contributed by atoms with Crippen LogP contribution in [0, 0.1) is 5.82 Å². The molecule has 0 unspecified atom stereocenters. The molecule has 0 radical (unpaired) electrons. The van der Waals surface area contributed by atoms with Gasteiger partial charge in [-0.2, -0.15) is 5.10 Å². The van der Waals surface area contributed by atoms with E-state index < -0.39 is 11.7 Å². The monoisotopic (exact) mass is 378 g/mol. The molecule has 2 heterocycles. The molecule has 0 atom stereocenters. The first-order valence-corrected chi connectivity index (χ1v) is 8.06. The maximum Gasteiger partial charge on any atom is 0.273 e. The first-order valence-electron chi connectivity index (χ1n) is 7.68. The number of nitrogens with zero attached hydrogens (tertiary/aromatic N) is 4. The molecule has 0 aliphatic rings. The Labute approximate surface area is 153 Å². The van der Waals surface area contributed by atoms with Crippen LogP contribution in [0.2, 0.25) is 5.02 Å². The Balaban J connectivity index is 1.70. The summed E-state index contributed by atoms with van der Waals surface area (Å²) in [5.74, 6) is -1.03. The number of aryl methyl sites for hydroxylation is 1. The van der Waals surface area contributed by atoms with E-state index in [1.54, 1.807) is 11.0 Å². The van der Waals surface area contributed by atoms with Gasteiger partial charge in [0.2, 0.25) is 0 Å². The van der Waals surface area contributed by atoms with Crippen LogP contribution in [0.3, 0.4) is 0 Å². The summed E-state index contributed by atoms with van der Waals surface area (Å²) in [6.07, 6.45) is 4.75. The maximum absolute atomic E-state index is 14.5. The van der Waals surface area contributed by atoms with Crippen LogP contribution < -0.4 is 10.1 Å². The molecule has 0 fully saturated rings. The minimum Gasteiger partial charge on any atom is -0.495 e. The van der Waals surface area contributed by atoms with Gasteiger partial charge in [-0.15, -0.1) is 0 Å². The number of hydrogen-bond donors (Lipinski definition) is 1. The van der Waals surface area contributed by atoms with Gasteiger partial charge in [0, 0.05) is 13.1 Å². The number of rotatable bonds is 7. The van der Waals surface area contributed by atoms with Gasteiger partial charge in [-0.05, 0) is 18.6 Å². The van der Waals surface area contributed by atoms with Crippen molar-refractivity contribution in [2.45, 2.75) is 13.0 Å². The van der Waals surface area contributed by atoms with E-state index in [-0.39, 0.29) is 27.8 Å². The Bertz CT molecular complexity index is 897. The van der Waals surface area contributed by atoms with Crippen LogP contribution in [-0.4, -0.2) is 39.3 Å². The highest BCUT2D eigenvalue weighted by Gasteiger charge is 2.23. The van der Waals surface area contributed by atoms with Crippen molar-refractivity contribution >= 4 is 17.5 Å². The number of nitrogens with one attached hydrogen (secondary N) is 1. The van der Waals surface area contributed by atoms with Gasteiger partial charge in [0.05, 0.1) is 12.7 Å². The fourth-order valence-electron chi connectivity index (χ4n) is 2.34. The van der Waals surface area contributed by atoms with Gasteiger partial charge < -0.3 is 14.5 Å². The lowest BCUT2D eigenvalue weighted by Crippen LogP contribution is -2.26. The van der Waals surface area contributed by atoms with Gasteiger partial charge >= 0.3 is 0 Å². The third-order valence-corrected chi connectivity index (χ3v) is 3.96. The van der Waals surface area contributed by atoms with Crippen LogP contribution in [0.5, 0.6) is 5.75 Å². The molecular formula is C16H15ClFN5O3. The molecule has 0 bridgehead atoms. The van der Waals surface area contributed by atoms with Gasteiger partial charge in [0.1, 0.15) is 23.4 Å². The highest BCUT2D eigenvalue weighted by molar-refractivity contribution is 6.32. The highest BCUT2D eigenvalue weighted by Crippen LogP contribution is 2.35. The fourth-order valence-corrected chi connectivity index (χ4v) is 2.58. The predicted octanol–water partition coefficient (Wildman–Crippen LogP) is 2.55. The van der Waals surface area contributed by atoms with Gasteiger partial charge in [-0.1, -0.05) is 11.6 Å². The van der Waals surface area contributed by atoms with Crippen molar-refractivity contribution in [1.82, 2.24) is 25.1 Å². The topological polar surface area (TPSA) is 95.1 Å². The molecule has 2 aromatic heterocycles. The molecule has 0 spiro atoms. The van der Waals surface area contributed by atoms with E-state index >= 15 is 0 Å². The van der Waals surface area contributed by atoms with Crippen LogP contribution in [0.1, 0.15) is 16.9 Å². The van der Waals surface area contributed by atoms with Crippen LogP contribution >= 0.6 is 11.6 Å². The molecule has 3 aromatic rings. The third-order valence-electron chi connectivity index (χ3n) is 3.61. The molecule has 1 aromatic carbocycles. The number of methoxy groups -OCH3 is 1. The number of amides is 1. The van der Waals surface area contributed by atoms with Crippen LogP contribution in [0.15, 0.2) is 35.6 Å². The minimum atomic E-state index is -0.747. The van der Waals surface area contributed by atoms with Crippen molar-refractivity contribution in [2.75, 3.05) is 13.7 Å². The largest absolute Gasteiger partial charge is 0.495 e. The Hall–Kier alpha value is -2.94. The molecule has 136 valence electrons. The van der Waals surface area contributed by atoms with Crippen LogP contribution in [-0.2, 0) is 6.54 Å². The Morgan fingerprint density at radius 3 is 3.04 bits per heavy atom. The van der Waals surface area contributed by atoms with Crippen molar-refractivity contribution in [2.24, 2.45) is 0 Å². The molecule has 1 amide bonds. The van der Waals surface area contributed by atoms with E-state index in [1.807, 2.05) is 0 Å². The number of aromatic nitrogens is 4.